The van der Waals surface area contributed by atoms with Crippen LogP contribution < -0.4 is 9.54 Å². The largest absolute Gasteiger partial charge is 0.497 e. The molecule has 25 heavy (non-hydrogen) atoms. The Bertz CT molecular complexity index is 869. The summed E-state index contributed by atoms with van der Waals surface area (Å²) in [6.07, 6.45) is 6.51. The molecule has 0 amide bonds. The number of methoxy groups -OCH3 is 1. The lowest BCUT2D eigenvalue weighted by atomic mass is 9.95. The van der Waals surface area contributed by atoms with Gasteiger partial charge in [0.15, 0.2) is 4.80 Å². The molecule has 0 saturated heterocycles. The molecule has 4 rings (SSSR count). The van der Waals surface area contributed by atoms with Crippen molar-refractivity contribution >= 4 is 28.4 Å². The predicted octanol–water partition coefficient (Wildman–Crippen LogP) is 6.02. The molecule has 1 aliphatic rings. The molecule has 0 unspecified atom stereocenters. The van der Waals surface area contributed by atoms with Crippen molar-refractivity contribution in [1.82, 2.24) is 4.57 Å². The highest BCUT2D eigenvalue weighted by Crippen LogP contribution is 2.34. The quantitative estimate of drug-likeness (QED) is 0.551. The van der Waals surface area contributed by atoms with Gasteiger partial charge in [0, 0.05) is 11.4 Å². The Morgan fingerprint density at radius 1 is 1.04 bits per heavy atom. The molecule has 0 bridgehead atoms. The third kappa shape index (κ3) is 3.58. The summed E-state index contributed by atoms with van der Waals surface area (Å²) < 4.78 is 7.73. The Balaban J connectivity index is 1.79. The zero-order valence-corrected chi connectivity index (χ0v) is 16.0. The zero-order chi connectivity index (χ0) is 17.1. The van der Waals surface area contributed by atoms with E-state index in [0.717, 1.165) is 16.2 Å². The van der Waals surface area contributed by atoms with Crippen LogP contribution in [-0.2, 0) is 0 Å². The predicted molar refractivity (Wildman–Crippen MR) is 106 cm³/mol. The van der Waals surface area contributed by atoms with Gasteiger partial charge in [0.05, 0.1) is 23.4 Å². The van der Waals surface area contributed by atoms with E-state index in [1.165, 1.54) is 42.7 Å². The van der Waals surface area contributed by atoms with Crippen LogP contribution in [0.2, 0.25) is 0 Å². The maximum atomic E-state index is 5.25. The van der Waals surface area contributed by atoms with E-state index in [-0.39, 0.29) is 0 Å². The number of thiazole rings is 1. The van der Waals surface area contributed by atoms with Crippen LogP contribution in [0.4, 0.5) is 5.69 Å². The molecule has 2 aromatic heterocycles. The third-order valence-corrected chi connectivity index (χ3v) is 6.48. The van der Waals surface area contributed by atoms with E-state index in [2.05, 4.69) is 27.5 Å². The molecular weight excluding hydrogens is 348 g/mol. The Hall–Kier alpha value is -1.85. The van der Waals surface area contributed by atoms with Gasteiger partial charge in [0.25, 0.3) is 0 Å². The molecule has 5 heteroatoms. The number of hydrogen-bond acceptors (Lipinski definition) is 4. The number of benzene rings is 1. The topological polar surface area (TPSA) is 26.5 Å². The van der Waals surface area contributed by atoms with Crippen molar-refractivity contribution in [3.8, 4) is 16.3 Å². The Morgan fingerprint density at radius 2 is 1.84 bits per heavy atom. The number of ether oxygens (including phenoxy) is 1. The number of nitrogens with zero attached hydrogens (tertiary/aromatic N) is 2. The molecule has 0 radical (unpaired) electrons. The van der Waals surface area contributed by atoms with Crippen molar-refractivity contribution in [3.63, 3.8) is 0 Å². The van der Waals surface area contributed by atoms with E-state index in [0.29, 0.717) is 6.04 Å². The summed E-state index contributed by atoms with van der Waals surface area (Å²) in [5, 5.41) is 4.42. The Morgan fingerprint density at radius 3 is 2.52 bits per heavy atom. The van der Waals surface area contributed by atoms with Gasteiger partial charge in [-0.1, -0.05) is 25.3 Å². The SMILES string of the molecule is COc1ccc(N=c2scc(-c3cccs3)n2C2CCCCC2)cc1. The summed E-state index contributed by atoms with van der Waals surface area (Å²) in [5.74, 6) is 0.865. The highest BCUT2D eigenvalue weighted by atomic mass is 32.1. The molecule has 0 atom stereocenters. The fraction of sp³-hybridized carbons (Fsp3) is 0.350. The normalized spacial score (nSPS) is 16.3. The van der Waals surface area contributed by atoms with E-state index < -0.39 is 0 Å². The minimum absolute atomic E-state index is 0.564. The lowest BCUT2D eigenvalue weighted by molar-refractivity contribution is 0.351. The van der Waals surface area contributed by atoms with Gasteiger partial charge in [-0.05, 0) is 48.6 Å². The second-order valence-corrected chi connectivity index (χ2v) is 8.14. The van der Waals surface area contributed by atoms with Gasteiger partial charge in [-0.3, -0.25) is 0 Å². The molecule has 130 valence electrons. The van der Waals surface area contributed by atoms with Crippen LogP contribution in [0.5, 0.6) is 5.75 Å². The van der Waals surface area contributed by atoms with Crippen molar-refractivity contribution in [2.75, 3.05) is 7.11 Å². The molecule has 0 aliphatic heterocycles. The number of hydrogen-bond donors (Lipinski definition) is 0. The monoisotopic (exact) mass is 370 g/mol. The van der Waals surface area contributed by atoms with E-state index in [9.17, 15) is 0 Å². The van der Waals surface area contributed by atoms with E-state index in [1.807, 2.05) is 24.3 Å². The van der Waals surface area contributed by atoms with Gasteiger partial charge < -0.3 is 9.30 Å². The maximum Gasteiger partial charge on any atom is 0.190 e. The van der Waals surface area contributed by atoms with Crippen molar-refractivity contribution in [1.29, 1.82) is 0 Å². The van der Waals surface area contributed by atoms with Crippen LogP contribution in [-0.4, -0.2) is 11.7 Å². The average molecular weight is 371 g/mol. The number of thiophene rings is 1. The van der Waals surface area contributed by atoms with Crippen LogP contribution in [0.15, 0.2) is 52.2 Å². The van der Waals surface area contributed by atoms with Crippen LogP contribution in [0.1, 0.15) is 38.1 Å². The van der Waals surface area contributed by atoms with Crippen LogP contribution in [0.25, 0.3) is 10.6 Å². The molecule has 2 heterocycles. The maximum absolute atomic E-state index is 5.25. The van der Waals surface area contributed by atoms with Gasteiger partial charge in [-0.2, -0.15) is 0 Å². The second kappa shape index (κ2) is 7.58. The summed E-state index contributed by atoms with van der Waals surface area (Å²) in [4.78, 5) is 7.38. The zero-order valence-electron chi connectivity index (χ0n) is 14.4. The third-order valence-electron chi connectivity index (χ3n) is 4.75. The number of aromatic nitrogens is 1. The molecular formula is C20H22N2OS2. The first-order valence-corrected chi connectivity index (χ1v) is 10.5. The fourth-order valence-electron chi connectivity index (χ4n) is 3.47. The molecule has 3 nitrogen and oxygen atoms in total. The van der Waals surface area contributed by atoms with Crippen molar-refractivity contribution < 1.29 is 4.74 Å². The van der Waals surface area contributed by atoms with Crippen molar-refractivity contribution in [3.05, 3.63) is 52.0 Å². The van der Waals surface area contributed by atoms with Crippen LogP contribution in [0, 0.1) is 0 Å². The van der Waals surface area contributed by atoms with Crippen LogP contribution in [0.3, 0.4) is 0 Å². The lowest BCUT2D eigenvalue weighted by Gasteiger charge is -2.25. The summed E-state index contributed by atoms with van der Waals surface area (Å²) in [6.45, 7) is 0. The standard InChI is InChI=1S/C20H22N2OS2/c1-23-17-11-9-15(10-12-17)21-20-22(16-6-3-2-4-7-16)18(14-25-20)19-8-5-13-24-19/h5,8-14,16H,2-4,6-7H2,1H3. The van der Waals surface area contributed by atoms with E-state index in [4.69, 9.17) is 9.73 Å². The number of rotatable bonds is 4. The minimum atomic E-state index is 0.564. The molecule has 1 fully saturated rings. The first-order chi connectivity index (χ1) is 12.3. The van der Waals surface area contributed by atoms with Gasteiger partial charge in [0.2, 0.25) is 0 Å². The van der Waals surface area contributed by atoms with E-state index >= 15 is 0 Å². The highest BCUT2D eigenvalue weighted by molar-refractivity contribution is 7.14. The molecule has 1 aromatic carbocycles. The van der Waals surface area contributed by atoms with Crippen LogP contribution >= 0.6 is 22.7 Å². The first-order valence-electron chi connectivity index (χ1n) is 8.78. The molecule has 1 saturated carbocycles. The highest BCUT2D eigenvalue weighted by Gasteiger charge is 2.20. The molecule has 0 N–H and O–H groups in total. The van der Waals surface area contributed by atoms with Crippen molar-refractivity contribution in [2.45, 2.75) is 38.1 Å². The summed E-state index contributed by atoms with van der Waals surface area (Å²) in [7, 11) is 1.69. The van der Waals surface area contributed by atoms with Gasteiger partial charge >= 0.3 is 0 Å². The second-order valence-electron chi connectivity index (χ2n) is 6.35. The fourth-order valence-corrected chi connectivity index (χ4v) is 5.26. The minimum Gasteiger partial charge on any atom is -0.497 e. The summed E-state index contributed by atoms with van der Waals surface area (Å²) in [6, 6.07) is 12.9. The van der Waals surface area contributed by atoms with Crippen molar-refractivity contribution in [2.24, 2.45) is 4.99 Å². The summed E-state index contributed by atoms with van der Waals surface area (Å²) >= 11 is 3.55. The van der Waals surface area contributed by atoms with Gasteiger partial charge in [-0.15, -0.1) is 22.7 Å². The Kier molecular flexibility index (Phi) is 5.04. The lowest BCUT2D eigenvalue weighted by Crippen LogP contribution is -2.23. The van der Waals surface area contributed by atoms with E-state index in [1.54, 1.807) is 29.8 Å². The smallest absolute Gasteiger partial charge is 0.190 e. The molecule has 1 aliphatic carbocycles. The molecule has 0 spiro atoms. The molecule has 3 aromatic rings. The average Bonchev–Trinajstić information content (AvgIpc) is 3.32. The Labute approximate surface area is 156 Å². The summed E-state index contributed by atoms with van der Waals surface area (Å²) in [5.41, 5.74) is 2.30. The first kappa shape index (κ1) is 16.6. The van der Waals surface area contributed by atoms with Gasteiger partial charge in [0.1, 0.15) is 5.75 Å². The van der Waals surface area contributed by atoms with Gasteiger partial charge in [-0.25, -0.2) is 4.99 Å².